The average molecular weight is 247 g/mol. The van der Waals surface area contributed by atoms with Crippen LogP contribution in [-0.4, -0.2) is 12.1 Å². The van der Waals surface area contributed by atoms with Gasteiger partial charge in [0.15, 0.2) is 0 Å². The summed E-state index contributed by atoms with van der Waals surface area (Å²) in [6.07, 6.45) is 6.42. The van der Waals surface area contributed by atoms with E-state index in [1.165, 1.54) is 31.2 Å². The molecule has 0 bridgehead atoms. The highest BCUT2D eigenvalue weighted by atomic mass is 16.5. The molecule has 18 heavy (non-hydrogen) atoms. The maximum atomic E-state index is 6.36. The van der Waals surface area contributed by atoms with Crippen molar-refractivity contribution in [3.8, 4) is 5.75 Å². The highest BCUT2D eigenvalue weighted by molar-refractivity contribution is 5.37. The van der Waals surface area contributed by atoms with Crippen molar-refractivity contribution < 1.29 is 4.74 Å². The quantitative estimate of drug-likeness (QED) is 0.823. The van der Waals surface area contributed by atoms with Crippen molar-refractivity contribution in [2.24, 2.45) is 5.73 Å². The van der Waals surface area contributed by atoms with Gasteiger partial charge in [-0.05, 0) is 38.3 Å². The van der Waals surface area contributed by atoms with Crippen molar-refractivity contribution in [3.05, 3.63) is 29.8 Å². The summed E-state index contributed by atoms with van der Waals surface area (Å²) in [5, 5.41) is 0. The molecule has 2 unspecified atom stereocenters. The van der Waals surface area contributed by atoms with E-state index in [1.54, 1.807) is 0 Å². The van der Waals surface area contributed by atoms with Gasteiger partial charge in [0.25, 0.3) is 0 Å². The van der Waals surface area contributed by atoms with Crippen molar-refractivity contribution in [1.29, 1.82) is 0 Å². The van der Waals surface area contributed by atoms with E-state index < -0.39 is 0 Å². The molecule has 1 fully saturated rings. The molecule has 1 saturated carbocycles. The summed E-state index contributed by atoms with van der Waals surface area (Å²) in [7, 11) is 0. The fourth-order valence-corrected chi connectivity index (χ4v) is 2.87. The van der Waals surface area contributed by atoms with Crippen LogP contribution >= 0.6 is 0 Å². The van der Waals surface area contributed by atoms with E-state index >= 15 is 0 Å². The molecule has 2 rings (SSSR count). The molecule has 0 spiro atoms. The van der Waals surface area contributed by atoms with Gasteiger partial charge in [-0.3, -0.25) is 0 Å². The first-order valence-corrected chi connectivity index (χ1v) is 7.19. The van der Waals surface area contributed by atoms with Crippen LogP contribution in [0.4, 0.5) is 0 Å². The van der Waals surface area contributed by atoms with Gasteiger partial charge in [-0.1, -0.05) is 37.5 Å². The fourth-order valence-electron chi connectivity index (χ4n) is 2.87. The van der Waals surface area contributed by atoms with Crippen LogP contribution in [0.5, 0.6) is 5.75 Å². The molecule has 2 N–H and O–H groups in total. The number of rotatable bonds is 3. The molecule has 0 amide bonds. The van der Waals surface area contributed by atoms with Gasteiger partial charge < -0.3 is 10.5 Å². The second-order valence-electron chi connectivity index (χ2n) is 5.61. The van der Waals surface area contributed by atoms with Gasteiger partial charge in [-0.25, -0.2) is 0 Å². The molecular formula is C16H25NO. The van der Waals surface area contributed by atoms with Crippen molar-refractivity contribution >= 4 is 0 Å². The molecule has 2 atom stereocenters. The van der Waals surface area contributed by atoms with E-state index in [9.17, 15) is 0 Å². The molecule has 0 aliphatic heterocycles. The van der Waals surface area contributed by atoms with Gasteiger partial charge in [-0.15, -0.1) is 0 Å². The van der Waals surface area contributed by atoms with Gasteiger partial charge >= 0.3 is 0 Å². The maximum absolute atomic E-state index is 6.36. The molecule has 100 valence electrons. The highest BCUT2D eigenvalue weighted by Crippen LogP contribution is 2.36. The highest BCUT2D eigenvalue weighted by Gasteiger charge is 2.24. The lowest BCUT2D eigenvalue weighted by Crippen LogP contribution is -2.27. The second kappa shape index (κ2) is 6.24. The summed E-state index contributed by atoms with van der Waals surface area (Å²) >= 11 is 0. The summed E-state index contributed by atoms with van der Waals surface area (Å²) in [5.74, 6) is 1.48. The largest absolute Gasteiger partial charge is 0.491 e. The Balaban J connectivity index is 2.24. The fraction of sp³-hybridized carbons (Fsp3) is 0.625. The van der Waals surface area contributed by atoms with Crippen molar-refractivity contribution in [2.45, 2.75) is 64.0 Å². The van der Waals surface area contributed by atoms with Crippen LogP contribution < -0.4 is 10.5 Å². The Hall–Kier alpha value is -1.02. The Morgan fingerprint density at radius 2 is 1.83 bits per heavy atom. The molecule has 1 aromatic rings. The predicted molar refractivity (Wildman–Crippen MR) is 76.0 cm³/mol. The lowest BCUT2D eigenvalue weighted by molar-refractivity contribution is 0.237. The molecule has 1 aliphatic carbocycles. The lowest BCUT2D eigenvalue weighted by atomic mass is 9.87. The number of nitrogens with two attached hydrogens (primary N) is 1. The first-order chi connectivity index (χ1) is 8.68. The molecule has 2 nitrogen and oxygen atoms in total. The number of benzene rings is 1. The van der Waals surface area contributed by atoms with Crippen molar-refractivity contribution in [1.82, 2.24) is 0 Å². The Morgan fingerprint density at radius 1 is 1.11 bits per heavy atom. The third-order valence-corrected chi connectivity index (χ3v) is 3.75. The number of hydrogen-bond acceptors (Lipinski definition) is 2. The van der Waals surface area contributed by atoms with E-state index in [0.717, 1.165) is 12.2 Å². The molecule has 0 radical (unpaired) electrons. The van der Waals surface area contributed by atoms with E-state index in [4.69, 9.17) is 10.5 Å². The smallest absolute Gasteiger partial charge is 0.123 e. The normalized spacial score (nSPS) is 24.9. The second-order valence-corrected chi connectivity index (χ2v) is 5.61. The molecule has 1 aliphatic rings. The van der Waals surface area contributed by atoms with Gasteiger partial charge in [0, 0.05) is 12.0 Å². The zero-order valence-electron chi connectivity index (χ0n) is 11.6. The summed E-state index contributed by atoms with van der Waals surface area (Å²) < 4.78 is 5.93. The van der Waals surface area contributed by atoms with Crippen LogP contribution in [0.1, 0.15) is 57.4 Å². The summed E-state index contributed by atoms with van der Waals surface area (Å²) in [4.78, 5) is 0. The average Bonchev–Trinajstić information content (AvgIpc) is 2.54. The third kappa shape index (κ3) is 3.26. The summed E-state index contributed by atoms with van der Waals surface area (Å²) in [5.41, 5.74) is 7.66. The molecule has 2 heteroatoms. The van der Waals surface area contributed by atoms with Crippen LogP contribution in [-0.2, 0) is 0 Å². The summed E-state index contributed by atoms with van der Waals surface area (Å²) in [6.45, 7) is 4.15. The van der Waals surface area contributed by atoms with E-state index in [2.05, 4.69) is 32.0 Å². The van der Waals surface area contributed by atoms with E-state index in [0.29, 0.717) is 5.92 Å². The molecule has 0 aromatic heterocycles. The maximum Gasteiger partial charge on any atom is 0.123 e. The number of para-hydroxylation sites is 1. The first kappa shape index (κ1) is 13.4. The standard InChI is InChI=1S/C16H25NO/c1-12(2)18-16-11-7-6-9-14(16)13-8-4-3-5-10-15(13)17/h6-7,9,11-13,15H,3-5,8,10,17H2,1-2H3. The van der Waals surface area contributed by atoms with Crippen LogP contribution in [0.15, 0.2) is 24.3 Å². The van der Waals surface area contributed by atoms with Crippen LogP contribution in [0.25, 0.3) is 0 Å². The minimum atomic E-state index is 0.216. The predicted octanol–water partition coefficient (Wildman–Crippen LogP) is 3.85. The van der Waals surface area contributed by atoms with Crippen molar-refractivity contribution in [3.63, 3.8) is 0 Å². The minimum absolute atomic E-state index is 0.216. The van der Waals surface area contributed by atoms with Gasteiger partial charge in [0.1, 0.15) is 5.75 Å². The van der Waals surface area contributed by atoms with Gasteiger partial charge in [0.2, 0.25) is 0 Å². The van der Waals surface area contributed by atoms with Crippen LogP contribution in [0, 0.1) is 0 Å². The Kier molecular flexibility index (Phi) is 4.65. The van der Waals surface area contributed by atoms with Gasteiger partial charge in [0.05, 0.1) is 6.10 Å². The number of ether oxygens (including phenoxy) is 1. The SMILES string of the molecule is CC(C)Oc1ccccc1C1CCCCCC1N. The zero-order chi connectivity index (χ0) is 13.0. The first-order valence-electron chi connectivity index (χ1n) is 7.19. The Bertz CT molecular complexity index is 375. The topological polar surface area (TPSA) is 35.2 Å². The van der Waals surface area contributed by atoms with E-state index in [1.807, 2.05) is 6.07 Å². The molecular weight excluding hydrogens is 222 g/mol. The number of hydrogen-bond donors (Lipinski definition) is 1. The minimum Gasteiger partial charge on any atom is -0.491 e. The molecule has 0 heterocycles. The third-order valence-electron chi connectivity index (χ3n) is 3.75. The zero-order valence-corrected chi connectivity index (χ0v) is 11.6. The Labute approximate surface area is 111 Å². The molecule has 1 aromatic carbocycles. The monoisotopic (exact) mass is 247 g/mol. The summed E-state index contributed by atoms with van der Waals surface area (Å²) in [6, 6.07) is 8.69. The van der Waals surface area contributed by atoms with Crippen LogP contribution in [0.3, 0.4) is 0 Å². The van der Waals surface area contributed by atoms with Gasteiger partial charge in [-0.2, -0.15) is 0 Å². The Morgan fingerprint density at radius 3 is 2.61 bits per heavy atom. The lowest BCUT2D eigenvalue weighted by Gasteiger charge is -2.25. The van der Waals surface area contributed by atoms with Crippen molar-refractivity contribution in [2.75, 3.05) is 0 Å². The molecule has 0 saturated heterocycles. The van der Waals surface area contributed by atoms with E-state index in [-0.39, 0.29) is 12.1 Å². The van der Waals surface area contributed by atoms with Crippen LogP contribution in [0.2, 0.25) is 0 Å².